The van der Waals surface area contributed by atoms with Crippen molar-refractivity contribution in [3.05, 3.63) is 56.3 Å². The van der Waals surface area contributed by atoms with Gasteiger partial charge in [-0.15, -0.1) is 0 Å². The summed E-state index contributed by atoms with van der Waals surface area (Å²) in [5, 5.41) is 23.9. The van der Waals surface area contributed by atoms with E-state index in [1.165, 1.54) is 23.2 Å². The Hall–Kier alpha value is -4.31. The molecule has 1 aromatic carbocycles. The normalized spacial score (nSPS) is 24.6. The van der Waals surface area contributed by atoms with Crippen LogP contribution in [0.25, 0.3) is 0 Å². The summed E-state index contributed by atoms with van der Waals surface area (Å²) in [6.07, 6.45) is 2.74. The molecule has 4 N–H and O–H groups in total. The van der Waals surface area contributed by atoms with Gasteiger partial charge in [-0.25, -0.2) is 0 Å². The summed E-state index contributed by atoms with van der Waals surface area (Å²) in [5.74, 6) is -1.50. The fourth-order valence-electron chi connectivity index (χ4n) is 6.05. The van der Waals surface area contributed by atoms with E-state index in [0.717, 1.165) is 0 Å². The average molecular weight is 688 g/mol. The second kappa shape index (κ2) is 13.4. The lowest BCUT2D eigenvalue weighted by atomic mass is 10.1. The molecule has 5 rings (SSSR count). The van der Waals surface area contributed by atoms with Gasteiger partial charge in [0, 0.05) is 68.6 Å². The Bertz CT molecular complexity index is 1510. The van der Waals surface area contributed by atoms with Gasteiger partial charge >= 0.3 is 0 Å². The van der Waals surface area contributed by atoms with Gasteiger partial charge in [-0.05, 0) is 32.4 Å². The third-order valence-electron chi connectivity index (χ3n) is 8.03. The lowest BCUT2D eigenvalue weighted by Crippen LogP contribution is -2.49. The van der Waals surface area contributed by atoms with Gasteiger partial charge in [0.05, 0.1) is 40.0 Å². The van der Waals surface area contributed by atoms with E-state index in [4.69, 9.17) is 4.74 Å². The van der Waals surface area contributed by atoms with Gasteiger partial charge in [-0.1, -0.05) is 15.9 Å². The first-order chi connectivity index (χ1) is 21.4. The Kier molecular flexibility index (Phi) is 9.53. The smallest absolute Gasteiger partial charge is 0.294 e. The maximum absolute atomic E-state index is 13.8. The maximum atomic E-state index is 13.8. The molecule has 240 valence electrons. The summed E-state index contributed by atoms with van der Waals surface area (Å²) in [4.78, 5) is 71.7. The molecule has 3 saturated heterocycles. The molecule has 0 spiro atoms. The number of carbonyl (C=O) groups excluding carboxylic acids is 4. The van der Waals surface area contributed by atoms with Crippen molar-refractivity contribution in [2.45, 2.75) is 57.0 Å². The number of anilines is 2. The van der Waals surface area contributed by atoms with Gasteiger partial charge in [0.15, 0.2) is 0 Å². The second-order valence-corrected chi connectivity index (χ2v) is 12.5. The molecule has 4 amide bonds. The first kappa shape index (κ1) is 32.1. The van der Waals surface area contributed by atoms with E-state index in [2.05, 4.69) is 42.2 Å². The number of halogens is 1. The van der Waals surface area contributed by atoms with Gasteiger partial charge < -0.3 is 35.8 Å². The Morgan fingerprint density at radius 3 is 2.47 bits per heavy atom. The van der Waals surface area contributed by atoms with Crippen LogP contribution in [-0.4, -0.2) is 107 Å². The minimum Gasteiger partial charge on any atom is -0.387 e. The second-order valence-electron chi connectivity index (χ2n) is 11.5. The molecule has 1 unspecified atom stereocenters. The van der Waals surface area contributed by atoms with Crippen molar-refractivity contribution in [1.29, 1.82) is 0 Å². The van der Waals surface area contributed by atoms with Crippen LogP contribution in [0.4, 0.5) is 17.1 Å². The number of nitrogens with one attached hydrogen (secondary N) is 4. The van der Waals surface area contributed by atoms with Crippen LogP contribution < -0.4 is 21.3 Å². The number of carbonyl (C=O) groups is 4. The Morgan fingerprint density at radius 1 is 1.09 bits per heavy atom. The Balaban J connectivity index is 1.46. The zero-order chi connectivity index (χ0) is 32.4. The largest absolute Gasteiger partial charge is 0.387 e. The summed E-state index contributed by atoms with van der Waals surface area (Å²) < 4.78 is 6.12. The lowest BCUT2D eigenvalue weighted by Gasteiger charge is -2.35. The van der Waals surface area contributed by atoms with Crippen molar-refractivity contribution in [3.8, 4) is 0 Å². The summed E-state index contributed by atoms with van der Waals surface area (Å²) in [6.45, 7) is 4.62. The van der Waals surface area contributed by atoms with Crippen molar-refractivity contribution in [2.75, 3.05) is 43.9 Å². The third-order valence-corrected chi connectivity index (χ3v) is 8.48. The van der Waals surface area contributed by atoms with Crippen molar-refractivity contribution in [2.24, 2.45) is 0 Å². The van der Waals surface area contributed by atoms with E-state index in [1.807, 2.05) is 13.8 Å². The molecule has 3 aliphatic heterocycles. The van der Waals surface area contributed by atoms with E-state index < -0.39 is 40.8 Å². The highest BCUT2D eigenvalue weighted by Gasteiger charge is 2.42. The number of hydrogen-bond acceptors (Lipinski definition) is 10. The molecule has 1 aromatic heterocycles. The standard InChI is InChI=1S/C29H35BrN8O7/c1-15-12-36(13-16(2)45-15)29(42)22-5-18(30)6-23(38(43)44)26(22)34-21-7-24(27(40)35-20-8-25(39)33-11-20)37(14-21)28(41)17-4-19(31-3)10-32-9-17/h4-6,9-10,15-16,20-21,24,31,34H,7-8,11-14H2,1-3H3,(H,33,39)(H,35,40)/t15-,16+,20?,21-,24+/m1/s1. The number of benzene rings is 1. The summed E-state index contributed by atoms with van der Waals surface area (Å²) in [5.41, 5.74) is 0.618. The van der Waals surface area contributed by atoms with Crippen LogP contribution in [0.1, 0.15) is 47.4 Å². The fourth-order valence-corrected chi connectivity index (χ4v) is 6.50. The highest BCUT2D eigenvalue weighted by molar-refractivity contribution is 9.10. The van der Waals surface area contributed by atoms with E-state index in [9.17, 15) is 29.3 Å². The SMILES string of the molecule is CNc1cncc(C(=O)N2C[C@H](Nc3c(C(=O)N4C[C@@H](C)O[C@@H](C)C4)cc(Br)cc3[N+](=O)[O-])C[C@H]2C(=O)NC2CNC(=O)C2)c1. The molecule has 3 aliphatic rings. The number of nitro benzene ring substituents is 1. The molecule has 2 aromatic rings. The maximum Gasteiger partial charge on any atom is 0.294 e. The number of morpholine rings is 1. The van der Waals surface area contributed by atoms with Gasteiger partial charge in [0.2, 0.25) is 11.8 Å². The van der Waals surface area contributed by atoms with Crippen molar-refractivity contribution < 1.29 is 28.8 Å². The van der Waals surface area contributed by atoms with E-state index in [-0.39, 0.29) is 66.5 Å². The number of likely N-dealkylation sites (tertiary alicyclic amines) is 1. The summed E-state index contributed by atoms with van der Waals surface area (Å²) in [7, 11) is 1.69. The highest BCUT2D eigenvalue weighted by Crippen LogP contribution is 2.36. The van der Waals surface area contributed by atoms with Crippen molar-refractivity contribution in [3.63, 3.8) is 0 Å². The van der Waals surface area contributed by atoms with Crippen LogP contribution in [-0.2, 0) is 14.3 Å². The third kappa shape index (κ3) is 7.17. The van der Waals surface area contributed by atoms with Crippen LogP contribution in [0.2, 0.25) is 0 Å². The van der Waals surface area contributed by atoms with E-state index >= 15 is 0 Å². The van der Waals surface area contributed by atoms with Crippen LogP contribution in [0.5, 0.6) is 0 Å². The Morgan fingerprint density at radius 2 is 1.82 bits per heavy atom. The van der Waals surface area contributed by atoms with Crippen LogP contribution >= 0.6 is 15.9 Å². The van der Waals surface area contributed by atoms with Gasteiger partial charge in [-0.2, -0.15) is 0 Å². The number of hydrogen-bond donors (Lipinski definition) is 4. The minimum atomic E-state index is -0.960. The van der Waals surface area contributed by atoms with E-state index in [1.54, 1.807) is 24.2 Å². The molecule has 4 heterocycles. The number of pyridine rings is 1. The van der Waals surface area contributed by atoms with E-state index in [0.29, 0.717) is 23.2 Å². The number of nitrogens with zero attached hydrogens (tertiary/aromatic N) is 4. The predicted octanol–water partition coefficient (Wildman–Crippen LogP) is 1.74. The molecule has 0 aliphatic carbocycles. The number of aromatic nitrogens is 1. The fraction of sp³-hybridized carbons (Fsp3) is 0.483. The molecule has 0 radical (unpaired) electrons. The average Bonchev–Trinajstić information content (AvgIpc) is 3.62. The lowest BCUT2D eigenvalue weighted by molar-refractivity contribution is -0.384. The molecular formula is C29H35BrN8O7. The van der Waals surface area contributed by atoms with Crippen LogP contribution in [0, 0.1) is 10.1 Å². The van der Waals surface area contributed by atoms with Crippen LogP contribution in [0.3, 0.4) is 0 Å². The molecular weight excluding hydrogens is 652 g/mol. The molecule has 45 heavy (non-hydrogen) atoms. The molecule has 0 saturated carbocycles. The molecule has 16 heteroatoms. The first-order valence-corrected chi connectivity index (χ1v) is 15.4. The molecule has 0 bridgehead atoms. The number of amides is 4. The zero-order valence-corrected chi connectivity index (χ0v) is 26.6. The number of ether oxygens (including phenoxy) is 1. The zero-order valence-electron chi connectivity index (χ0n) is 25.0. The topological polar surface area (TPSA) is 188 Å². The van der Waals surface area contributed by atoms with Crippen LogP contribution in [0.15, 0.2) is 35.1 Å². The monoisotopic (exact) mass is 686 g/mol. The molecule has 15 nitrogen and oxygen atoms in total. The predicted molar refractivity (Wildman–Crippen MR) is 167 cm³/mol. The minimum absolute atomic E-state index is 0.00268. The Labute approximate surface area is 267 Å². The van der Waals surface area contributed by atoms with Gasteiger partial charge in [0.1, 0.15) is 11.7 Å². The molecule has 3 fully saturated rings. The summed E-state index contributed by atoms with van der Waals surface area (Å²) in [6, 6.07) is 2.43. The van der Waals surface area contributed by atoms with Crippen molar-refractivity contribution in [1.82, 2.24) is 25.4 Å². The number of nitro groups is 1. The highest BCUT2D eigenvalue weighted by atomic mass is 79.9. The van der Waals surface area contributed by atoms with Gasteiger partial charge in [-0.3, -0.25) is 34.3 Å². The first-order valence-electron chi connectivity index (χ1n) is 14.6. The molecule has 5 atom stereocenters. The van der Waals surface area contributed by atoms with Crippen molar-refractivity contribution >= 4 is 56.6 Å². The number of rotatable bonds is 8. The quantitative estimate of drug-likeness (QED) is 0.235. The van der Waals surface area contributed by atoms with Gasteiger partial charge in [0.25, 0.3) is 17.5 Å². The summed E-state index contributed by atoms with van der Waals surface area (Å²) >= 11 is 3.31.